The minimum Gasteiger partial charge on any atom is -0.478 e. The van der Waals surface area contributed by atoms with Gasteiger partial charge < -0.3 is 5.11 Å². The van der Waals surface area contributed by atoms with Gasteiger partial charge in [-0.3, -0.25) is 4.90 Å². The molecule has 1 aliphatic carbocycles. The number of nitrogens with zero attached hydrogens (tertiary/aromatic N) is 1. The molecule has 0 atom stereocenters. The van der Waals surface area contributed by atoms with Crippen molar-refractivity contribution in [1.29, 1.82) is 0 Å². The van der Waals surface area contributed by atoms with E-state index in [4.69, 9.17) is 5.11 Å². The van der Waals surface area contributed by atoms with Gasteiger partial charge >= 0.3 is 5.97 Å². The SMILES string of the molecule is CCN(CC(C)=CC(=O)O)CC1CCC1. The number of carbonyl (C=O) groups is 1. The predicted molar refractivity (Wildman–Crippen MR) is 60.8 cm³/mol. The highest BCUT2D eigenvalue weighted by Crippen LogP contribution is 2.27. The molecule has 0 bridgehead atoms. The molecule has 0 amide bonds. The van der Waals surface area contributed by atoms with Crippen molar-refractivity contribution in [3.8, 4) is 0 Å². The molecule has 86 valence electrons. The van der Waals surface area contributed by atoms with Gasteiger partial charge in [-0.15, -0.1) is 0 Å². The van der Waals surface area contributed by atoms with Crippen molar-refractivity contribution < 1.29 is 9.90 Å². The second-order valence-corrected chi connectivity index (χ2v) is 4.45. The average Bonchev–Trinajstić information content (AvgIpc) is 2.07. The van der Waals surface area contributed by atoms with Crippen molar-refractivity contribution in [2.24, 2.45) is 5.92 Å². The lowest BCUT2D eigenvalue weighted by Gasteiger charge is -2.31. The van der Waals surface area contributed by atoms with Crippen LogP contribution in [0.25, 0.3) is 0 Å². The minimum atomic E-state index is -0.841. The van der Waals surface area contributed by atoms with E-state index in [0.717, 1.165) is 31.1 Å². The van der Waals surface area contributed by atoms with E-state index in [9.17, 15) is 4.79 Å². The Hall–Kier alpha value is -0.830. The molecule has 1 fully saturated rings. The monoisotopic (exact) mass is 211 g/mol. The molecule has 0 aromatic heterocycles. The zero-order valence-corrected chi connectivity index (χ0v) is 9.70. The highest BCUT2D eigenvalue weighted by molar-refractivity contribution is 5.80. The van der Waals surface area contributed by atoms with E-state index in [1.807, 2.05) is 6.92 Å². The zero-order valence-electron chi connectivity index (χ0n) is 9.70. The molecular formula is C12H21NO2. The normalized spacial score (nSPS) is 17.9. The van der Waals surface area contributed by atoms with Crippen LogP contribution in [0.2, 0.25) is 0 Å². The zero-order chi connectivity index (χ0) is 11.3. The fraction of sp³-hybridized carbons (Fsp3) is 0.750. The number of rotatable bonds is 6. The third kappa shape index (κ3) is 4.47. The third-order valence-electron chi connectivity index (χ3n) is 3.03. The molecule has 1 aliphatic rings. The van der Waals surface area contributed by atoms with Crippen LogP contribution in [0.5, 0.6) is 0 Å². The van der Waals surface area contributed by atoms with Gasteiger partial charge in [0.25, 0.3) is 0 Å². The van der Waals surface area contributed by atoms with Crippen molar-refractivity contribution >= 4 is 5.97 Å². The first-order chi connectivity index (χ1) is 7.11. The molecule has 0 aliphatic heterocycles. The Morgan fingerprint density at radius 3 is 2.60 bits per heavy atom. The number of hydrogen-bond acceptors (Lipinski definition) is 2. The van der Waals surface area contributed by atoms with Crippen LogP contribution < -0.4 is 0 Å². The second kappa shape index (κ2) is 5.91. The highest BCUT2D eigenvalue weighted by atomic mass is 16.4. The maximum atomic E-state index is 10.5. The molecule has 0 radical (unpaired) electrons. The molecule has 1 saturated carbocycles. The van der Waals surface area contributed by atoms with Gasteiger partial charge in [0.1, 0.15) is 0 Å². The molecule has 0 heterocycles. The van der Waals surface area contributed by atoms with Gasteiger partial charge in [0.15, 0.2) is 0 Å². The van der Waals surface area contributed by atoms with Gasteiger partial charge in [-0.25, -0.2) is 4.79 Å². The molecule has 3 heteroatoms. The first kappa shape index (κ1) is 12.2. The van der Waals surface area contributed by atoms with E-state index >= 15 is 0 Å². The molecule has 0 aromatic rings. The smallest absolute Gasteiger partial charge is 0.328 e. The lowest BCUT2D eigenvalue weighted by molar-refractivity contribution is -0.131. The van der Waals surface area contributed by atoms with E-state index in [2.05, 4.69) is 11.8 Å². The van der Waals surface area contributed by atoms with Crippen LogP contribution in [0.1, 0.15) is 33.1 Å². The topological polar surface area (TPSA) is 40.5 Å². The Labute approximate surface area is 91.8 Å². The van der Waals surface area contributed by atoms with E-state index in [0.29, 0.717) is 0 Å². The van der Waals surface area contributed by atoms with Gasteiger partial charge in [0.05, 0.1) is 0 Å². The van der Waals surface area contributed by atoms with Crippen LogP contribution in [0.3, 0.4) is 0 Å². The first-order valence-corrected chi connectivity index (χ1v) is 5.74. The summed E-state index contributed by atoms with van der Waals surface area (Å²) in [7, 11) is 0. The van der Waals surface area contributed by atoms with E-state index in [1.165, 1.54) is 25.3 Å². The first-order valence-electron chi connectivity index (χ1n) is 5.74. The summed E-state index contributed by atoms with van der Waals surface area (Å²) in [6.07, 6.45) is 5.37. The number of carboxylic acids is 1. The van der Waals surface area contributed by atoms with Crippen molar-refractivity contribution in [2.45, 2.75) is 33.1 Å². The molecule has 0 saturated heterocycles. The number of aliphatic carboxylic acids is 1. The second-order valence-electron chi connectivity index (χ2n) is 4.45. The van der Waals surface area contributed by atoms with Crippen LogP contribution in [0.4, 0.5) is 0 Å². The van der Waals surface area contributed by atoms with Gasteiger partial charge in [-0.2, -0.15) is 0 Å². The number of hydrogen-bond donors (Lipinski definition) is 1. The average molecular weight is 211 g/mol. The largest absolute Gasteiger partial charge is 0.478 e. The molecule has 0 unspecified atom stereocenters. The molecule has 0 spiro atoms. The van der Waals surface area contributed by atoms with Crippen LogP contribution >= 0.6 is 0 Å². The van der Waals surface area contributed by atoms with Crippen LogP contribution in [-0.4, -0.2) is 35.6 Å². The standard InChI is InChI=1S/C12H21NO2/c1-3-13(9-11-5-4-6-11)8-10(2)7-12(14)15/h7,11H,3-6,8-9H2,1-2H3,(H,14,15). The maximum Gasteiger partial charge on any atom is 0.328 e. The maximum absolute atomic E-state index is 10.5. The Balaban J connectivity index is 2.34. The fourth-order valence-corrected chi connectivity index (χ4v) is 1.96. The van der Waals surface area contributed by atoms with Gasteiger partial charge in [-0.05, 0) is 32.2 Å². The Morgan fingerprint density at radius 2 is 2.20 bits per heavy atom. The molecule has 1 N–H and O–H groups in total. The Morgan fingerprint density at radius 1 is 1.53 bits per heavy atom. The molecular weight excluding hydrogens is 190 g/mol. The fourth-order valence-electron chi connectivity index (χ4n) is 1.96. The van der Waals surface area contributed by atoms with Gasteiger partial charge in [0, 0.05) is 19.2 Å². The number of carboxylic acid groups (broad SMARTS) is 1. The Bertz CT molecular complexity index is 244. The summed E-state index contributed by atoms with van der Waals surface area (Å²) in [6, 6.07) is 0. The Kier molecular flexibility index (Phi) is 4.82. The molecule has 0 aromatic carbocycles. The van der Waals surface area contributed by atoms with E-state index < -0.39 is 5.97 Å². The van der Waals surface area contributed by atoms with E-state index in [1.54, 1.807) is 0 Å². The molecule has 15 heavy (non-hydrogen) atoms. The molecule has 1 rings (SSSR count). The van der Waals surface area contributed by atoms with Crippen molar-refractivity contribution in [3.63, 3.8) is 0 Å². The summed E-state index contributed by atoms with van der Waals surface area (Å²) in [6.45, 7) is 6.94. The van der Waals surface area contributed by atoms with Crippen molar-refractivity contribution in [2.75, 3.05) is 19.6 Å². The summed E-state index contributed by atoms with van der Waals surface area (Å²) in [4.78, 5) is 12.8. The van der Waals surface area contributed by atoms with E-state index in [-0.39, 0.29) is 0 Å². The van der Waals surface area contributed by atoms with Crippen LogP contribution in [-0.2, 0) is 4.79 Å². The van der Waals surface area contributed by atoms with Crippen LogP contribution in [0, 0.1) is 5.92 Å². The quantitative estimate of drug-likeness (QED) is 0.684. The lowest BCUT2D eigenvalue weighted by atomic mass is 9.85. The highest BCUT2D eigenvalue weighted by Gasteiger charge is 2.19. The summed E-state index contributed by atoms with van der Waals surface area (Å²) < 4.78 is 0. The van der Waals surface area contributed by atoms with Crippen molar-refractivity contribution in [3.05, 3.63) is 11.6 Å². The van der Waals surface area contributed by atoms with Crippen LogP contribution in [0.15, 0.2) is 11.6 Å². The third-order valence-corrected chi connectivity index (χ3v) is 3.03. The summed E-state index contributed by atoms with van der Waals surface area (Å²) in [5.74, 6) is 0.00905. The summed E-state index contributed by atoms with van der Waals surface area (Å²) in [5.41, 5.74) is 0.934. The molecule has 3 nitrogen and oxygen atoms in total. The summed E-state index contributed by atoms with van der Waals surface area (Å²) >= 11 is 0. The lowest BCUT2D eigenvalue weighted by Crippen LogP contribution is -2.33. The minimum absolute atomic E-state index is 0.791. The number of likely N-dealkylation sites (N-methyl/N-ethyl adjacent to an activating group) is 1. The van der Waals surface area contributed by atoms with Crippen molar-refractivity contribution in [1.82, 2.24) is 4.90 Å². The predicted octanol–water partition coefficient (Wildman–Crippen LogP) is 2.14. The van der Waals surface area contributed by atoms with Gasteiger partial charge in [-0.1, -0.05) is 18.9 Å². The summed E-state index contributed by atoms with van der Waals surface area (Å²) in [5, 5.41) is 8.61. The van der Waals surface area contributed by atoms with Gasteiger partial charge in [0.2, 0.25) is 0 Å².